The molecule has 0 saturated carbocycles. The molecule has 0 spiro atoms. The lowest BCUT2D eigenvalue weighted by Crippen LogP contribution is -2.24. The van der Waals surface area contributed by atoms with E-state index in [2.05, 4.69) is 28.7 Å². The molecule has 0 saturated heterocycles. The van der Waals surface area contributed by atoms with E-state index < -0.39 is 5.83 Å². The first kappa shape index (κ1) is 21.8. The summed E-state index contributed by atoms with van der Waals surface area (Å²) in [5.74, 6) is -0.440. The van der Waals surface area contributed by atoms with Crippen LogP contribution in [0.15, 0.2) is 57.7 Å². The van der Waals surface area contributed by atoms with Crippen LogP contribution < -0.4 is 0 Å². The lowest BCUT2D eigenvalue weighted by molar-refractivity contribution is 0.195. The summed E-state index contributed by atoms with van der Waals surface area (Å²) in [5.41, 5.74) is 1.09. The highest BCUT2D eigenvalue weighted by Gasteiger charge is 2.09. The molecule has 152 valence electrons. The summed E-state index contributed by atoms with van der Waals surface area (Å²) in [6.45, 7) is 6.28. The first-order valence-corrected chi connectivity index (χ1v) is 9.90. The maximum Gasteiger partial charge on any atom is 0.209 e. The summed E-state index contributed by atoms with van der Waals surface area (Å²) in [6.07, 6.45) is 8.94. The molecule has 1 aromatic rings. The fraction of sp³-hybridized carbons (Fsp3) is 0.455. The molecule has 4 nitrogen and oxygen atoms in total. The number of unbranched alkanes of at least 4 members (excludes halogenated alkanes) is 1. The average Bonchev–Trinajstić information content (AvgIpc) is 2.68. The number of benzene rings is 1. The summed E-state index contributed by atoms with van der Waals surface area (Å²) in [5, 5.41) is 0. The van der Waals surface area contributed by atoms with Crippen molar-refractivity contribution in [2.75, 3.05) is 13.1 Å². The van der Waals surface area contributed by atoms with E-state index in [-0.39, 0.29) is 12.4 Å². The van der Waals surface area contributed by atoms with Crippen LogP contribution in [0.25, 0.3) is 0 Å². The van der Waals surface area contributed by atoms with Crippen LogP contribution in [-0.2, 0) is 11.3 Å². The van der Waals surface area contributed by atoms with Gasteiger partial charge in [-0.1, -0.05) is 32.4 Å². The molecule has 0 bridgehead atoms. The minimum absolute atomic E-state index is 0.181. The molecule has 1 aliphatic heterocycles. The second kappa shape index (κ2) is 12.1. The largest absolute Gasteiger partial charge is 0.473 e. The highest BCUT2D eigenvalue weighted by atomic mass is 19.1. The van der Waals surface area contributed by atoms with Crippen molar-refractivity contribution in [2.24, 2.45) is 9.98 Å². The first-order chi connectivity index (χ1) is 13.6. The molecule has 2 rings (SSSR count). The van der Waals surface area contributed by atoms with Crippen molar-refractivity contribution in [1.29, 1.82) is 0 Å². The average molecular weight is 389 g/mol. The van der Waals surface area contributed by atoms with E-state index in [1.807, 2.05) is 0 Å². The number of hydrogen-bond donors (Lipinski definition) is 0. The molecule has 0 unspecified atom stereocenters. The third-order valence-corrected chi connectivity index (χ3v) is 4.24. The van der Waals surface area contributed by atoms with Gasteiger partial charge in [0.25, 0.3) is 0 Å². The Morgan fingerprint density at radius 1 is 1.21 bits per heavy atom. The molecule has 0 N–H and O–H groups in total. The van der Waals surface area contributed by atoms with Crippen LogP contribution in [0.1, 0.15) is 51.5 Å². The number of aliphatic imine (C=N–C) groups is 2. The number of ether oxygens (including phenoxy) is 1. The van der Waals surface area contributed by atoms with Gasteiger partial charge in [-0.3, -0.25) is 0 Å². The minimum Gasteiger partial charge on any atom is -0.473 e. The molecular formula is C22H29F2N3O. The van der Waals surface area contributed by atoms with E-state index in [0.29, 0.717) is 30.0 Å². The van der Waals surface area contributed by atoms with Crippen LogP contribution in [0, 0.1) is 5.82 Å². The maximum atomic E-state index is 14.4. The summed E-state index contributed by atoms with van der Waals surface area (Å²) in [4.78, 5) is 10.6. The molecule has 1 heterocycles. The normalized spacial score (nSPS) is 20.4. The fourth-order valence-electron chi connectivity index (χ4n) is 2.73. The lowest BCUT2D eigenvalue weighted by atomic mass is 10.2. The number of nitrogens with zero attached hydrogens (tertiary/aromatic N) is 3. The number of rotatable bonds is 10. The maximum absolute atomic E-state index is 14.4. The Balaban J connectivity index is 1.97. The topological polar surface area (TPSA) is 37.2 Å². The SMILES string of the molecule is CCCCN(C=N/C1=C(F)/C=N/C(OCc2cccc(F)c2)=C/CC1)CCC. The Bertz CT molecular complexity index is 741. The Kier molecular flexibility index (Phi) is 9.39. The van der Waals surface area contributed by atoms with E-state index in [1.165, 1.54) is 12.1 Å². The molecular weight excluding hydrogens is 360 g/mol. The van der Waals surface area contributed by atoms with E-state index in [0.717, 1.165) is 38.6 Å². The zero-order valence-electron chi connectivity index (χ0n) is 16.7. The van der Waals surface area contributed by atoms with Gasteiger partial charge in [-0.2, -0.15) is 0 Å². The van der Waals surface area contributed by atoms with Gasteiger partial charge < -0.3 is 9.64 Å². The predicted octanol–water partition coefficient (Wildman–Crippen LogP) is 5.77. The zero-order chi connectivity index (χ0) is 20.2. The summed E-state index contributed by atoms with van der Waals surface area (Å²) < 4.78 is 33.2. The third kappa shape index (κ3) is 7.62. The minimum atomic E-state index is -0.455. The predicted molar refractivity (Wildman–Crippen MR) is 110 cm³/mol. The van der Waals surface area contributed by atoms with Gasteiger partial charge in [-0.15, -0.1) is 0 Å². The van der Waals surface area contributed by atoms with E-state index >= 15 is 0 Å². The van der Waals surface area contributed by atoms with Crippen molar-refractivity contribution in [3.05, 3.63) is 59.1 Å². The van der Waals surface area contributed by atoms with Crippen LogP contribution in [0.5, 0.6) is 0 Å². The van der Waals surface area contributed by atoms with Crippen LogP contribution in [0.3, 0.4) is 0 Å². The van der Waals surface area contributed by atoms with Gasteiger partial charge in [-0.25, -0.2) is 18.8 Å². The summed E-state index contributed by atoms with van der Waals surface area (Å²) in [6, 6.07) is 6.17. The van der Waals surface area contributed by atoms with E-state index in [9.17, 15) is 8.78 Å². The quantitative estimate of drug-likeness (QED) is 0.376. The summed E-state index contributed by atoms with van der Waals surface area (Å²) in [7, 11) is 0. The monoisotopic (exact) mass is 389 g/mol. The van der Waals surface area contributed by atoms with Crippen molar-refractivity contribution in [2.45, 2.75) is 52.6 Å². The van der Waals surface area contributed by atoms with Gasteiger partial charge in [0.2, 0.25) is 5.88 Å². The van der Waals surface area contributed by atoms with Gasteiger partial charge in [0.05, 0.1) is 18.3 Å². The zero-order valence-corrected chi connectivity index (χ0v) is 16.7. The molecule has 1 aliphatic rings. The molecule has 0 fully saturated rings. The Morgan fingerprint density at radius 3 is 2.82 bits per heavy atom. The highest BCUT2D eigenvalue weighted by Crippen LogP contribution is 2.19. The number of halogens is 2. The standard InChI is InChI=1S/C22H29F2N3O/c1-3-5-13-27(12-4-2)17-26-21-10-7-11-22(25-15-20(21)24)28-16-18-8-6-9-19(23)14-18/h6,8-9,11,14-15,17H,3-5,7,10,12-13,16H2,1-2H3/b21-20-,22-11-,25-15+,26-17?. The van der Waals surface area contributed by atoms with Crippen LogP contribution in [0.4, 0.5) is 8.78 Å². The fourth-order valence-corrected chi connectivity index (χ4v) is 2.73. The van der Waals surface area contributed by atoms with Gasteiger partial charge >= 0.3 is 0 Å². The first-order valence-electron chi connectivity index (χ1n) is 9.90. The van der Waals surface area contributed by atoms with Crippen LogP contribution in [0.2, 0.25) is 0 Å². The second-order valence-electron chi connectivity index (χ2n) is 6.69. The van der Waals surface area contributed by atoms with Gasteiger partial charge in [0, 0.05) is 13.1 Å². The van der Waals surface area contributed by atoms with Crippen molar-refractivity contribution >= 4 is 12.6 Å². The van der Waals surface area contributed by atoms with Gasteiger partial charge in [-0.05, 0) is 49.5 Å². The summed E-state index contributed by atoms with van der Waals surface area (Å²) >= 11 is 0. The van der Waals surface area contributed by atoms with E-state index in [4.69, 9.17) is 4.74 Å². The van der Waals surface area contributed by atoms with Crippen molar-refractivity contribution < 1.29 is 13.5 Å². The van der Waals surface area contributed by atoms with Crippen molar-refractivity contribution in [3.63, 3.8) is 0 Å². The Morgan fingerprint density at radius 2 is 2.07 bits per heavy atom. The molecule has 0 aromatic heterocycles. The number of allylic oxidation sites excluding steroid dienone is 3. The molecule has 1 aromatic carbocycles. The number of hydrogen-bond acceptors (Lipinski definition) is 3. The van der Waals surface area contributed by atoms with Crippen LogP contribution >= 0.6 is 0 Å². The second-order valence-corrected chi connectivity index (χ2v) is 6.69. The Hall–Kier alpha value is -2.50. The van der Waals surface area contributed by atoms with Crippen LogP contribution in [-0.4, -0.2) is 30.5 Å². The molecule has 0 aliphatic carbocycles. The van der Waals surface area contributed by atoms with Gasteiger partial charge in [0.15, 0.2) is 5.83 Å². The molecule has 0 amide bonds. The molecule has 6 heteroatoms. The molecule has 0 radical (unpaired) electrons. The van der Waals surface area contributed by atoms with Crippen molar-refractivity contribution in [3.8, 4) is 0 Å². The highest BCUT2D eigenvalue weighted by molar-refractivity contribution is 5.78. The van der Waals surface area contributed by atoms with E-state index in [1.54, 1.807) is 24.5 Å². The smallest absolute Gasteiger partial charge is 0.209 e. The molecule has 0 atom stereocenters. The Labute approximate surface area is 166 Å². The lowest BCUT2D eigenvalue weighted by Gasteiger charge is -2.18. The third-order valence-electron chi connectivity index (χ3n) is 4.24. The van der Waals surface area contributed by atoms with Crippen molar-refractivity contribution in [1.82, 2.24) is 4.90 Å². The van der Waals surface area contributed by atoms with Gasteiger partial charge in [0.1, 0.15) is 12.4 Å². The molecule has 28 heavy (non-hydrogen) atoms.